The number of hydrogen-bond donors (Lipinski definition) is 0. The number of benzene rings is 5. The molecule has 0 aromatic heterocycles. The smallest absolute Gasteiger partial charge is 0.00742 e. The third-order valence-electron chi connectivity index (χ3n) is 6.41. The predicted octanol–water partition coefficient (Wildman–Crippen LogP) is 8.01. The Kier molecular flexibility index (Phi) is 4.02. The number of allylic oxidation sites excluding steroid dienone is 1. The van der Waals surface area contributed by atoms with E-state index in [1.54, 1.807) is 0 Å². The van der Waals surface area contributed by atoms with Gasteiger partial charge in [-0.05, 0) is 55.8 Å². The van der Waals surface area contributed by atoms with Gasteiger partial charge in [-0.15, -0.1) is 0 Å². The van der Waals surface area contributed by atoms with Crippen LogP contribution in [0.25, 0.3) is 38.7 Å². The molecular formula is C30H22. The Hall–Kier alpha value is -3.64. The molecule has 0 heteroatoms. The maximum atomic E-state index is 2.40. The van der Waals surface area contributed by atoms with Crippen LogP contribution in [0.5, 0.6) is 0 Å². The van der Waals surface area contributed by atoms with Crippen LogP contribution < -0.4 is 0 Å². The minimum absolute atomic E-state index is 0.375. The molecule has 0 aliphatic heterocycles. The van der Waals surface area contributed by atoms with Crippen LogP contribution in [0.1, 0.15) is 22.6 Å². The summed E-state index contributed by atoms with van der Waals surface area (Å²) in [6.07, 6.45) is 5.75. The van der Waals surface area contributed by atoms with Crippen molar-refractivity contribution in [3.8, 4) is 11.1 Å². The van der Waals surface area contributed by atoms with Gasteiger partial charge < -0.3 is 0 Å². The maximum Gasteiger partial charge on any atom is 0.00742 e. The first-order chi connectivity index (χ1) is 14.9. The van der Waals surface area contributed by atoms with Gasteiger partial charge in [0, 0.05) is 5.92 Å². The van der Waals surface area contributed by atoms with Gasteiger partial charge in [0.1, 0.15) is 0 Å². The average Bonchev–Trinajstić information content (AvgIpc) is 2.82. The molecule has 5 aromatic carbocycles. The van der Waals surface area contributed by atoms with Crippen molar-refractivity contribution in [3.05, 3.63) is 126 Å². The Morgan fingerprint density at radius 2 is 1.10 bits per heavy atom. The molecule has 5 aromatic rings. The summed E-state index contributed by atoms with van der Waals surface area (Å²) in [6, 6.07) is 37.4. The molecule has 0 fully saturated rings. The second kappa shape index (κ2) is 7.00. The molecule has 30 heavy (non-hydrogen) atoms. The topological polar surface area (TPSA) is 0 Å². The summed E-state index contributed by atoms with van der Waals surface area (Å²) in [6.45, 7) is 0. The highest BCUT2D eigenvalue weighted by atomic mass is 14.3. The van der Waals surface area contributed by atoms with E-state index in [0.717, 1.165) is 6.42 Å². The third kappa shape index (κ3) is 2.69. The largest absolute Gasteiger partial charge is 0.0760 e. The van der Waals surface area contributed by atoms with E-state index < -0.39 is 0 Å². The Morgan fingerprint density at radius 1 is 0.533 bits per heavy atom. The minimum Gasteiger partial charge on any atom is -0.0760 e. The highest BCUT2D eigenvalue weighted by molar-refractivity contribution is 6.15. The summed E-state index contributed by atoms with van der Waals surface area (Å²) >= 11 is 0. The first-order valence-electron chi connectivity index (χ1n) is 10.6. The first kappa shape index (κ1) is 17.2. The molecule has 0 amide bonds. The molecule has 142 valence electrons. The van der Waals surface area contributed by atoms with Crippen LogP contribution in [0.3, 0.4) is 0 Å². The zero-order chi connectivity index (χ0) is 19.9. The number of hydrogen-bond acceptors (Lipinski definition) is 0. The summed E-state index contributed by atoms with van der Waals surface area (Å²) in [7, 11) is 0. The van der Waals surface area contributed by atoms with Crippen LogP contribution >= 0.6 is 0 Å². The third-order valence-corrected chi connectivity index (χ3v) is 6.41. The highest BCUT2D eigenvalue weighted by Gasteiger charge is 2.22. The second-order valence-corrected chi connectivity index (χ2v) is 8.11. The lowest BCUT2D eigenvalue weighted by molar-refractivity contribution is 0.841. The van der Waals surface area contributed by atoms with Crippen LogP contribution in [0.15, 0.2) is 109 Å². The van der Waals surface area contributed by atoms with Gasteiger partial charge >= 0.3 is 0 Å². The van der Waals surface area contributed by atoms with Crippen LogP contribution in [-0.4, -0.2) is 0 Å². The summed E-state index contributed by atoms with van der Waals surface area (Å²) < 4.78 is 0. The van der Waals surface area contributed by atoms with Gasteiger partial charge in [0.2, 0.25) is 0 Å². The molecular weight excluding hydrogens is 360 g/mol. The summed E-state index contributed by atoms with van der Waals surface area (Å²) in [5.74, 6) is 0.375. The van der Waals surface area contributed by atoms with Gasteiger partial charge in [-0.25, -0.2) is 0 Å². The predicted molar refractivity (Wildman–Crippen MR) is 129 cm³/mol. The lowest BCUT2D eigenvalue weighted by atomic mass is 9.79. The quantitative estimate of drug-likeness (QED) is 0.271. The molecule has 1 aliphatic rings. The van der Waals surface area contributed by atoms with Gasteiger partial charge in [0.05, 0.1) is 0 Å². The van der Waals surface area contributed by atoms with Crippen molar-refractivity contribution in [1.82, 2.24) is 0 Å². The van der Waals surface area contributed by atoms with Crippen molar-refractivity contribution in [3.63, 3.8) is 0 Å². The average molecular weight is 383 g/mol. The molecule has 1 atom stereocenters. The minimum atomic E-state index is 0.375. The fraction of sp³-hybridized carbons (Fsp3) is 0.0667. The summed E-state index contributed by atoms with van der Waals surface area (Å²) in [5.41, 5.74) is 6.85. The van der Waals surface area contributed by atoms with E-state index in [9.17, 15) is 0 Å². The van der Waals surface area contributed by atoms with Crippen LogP contribution in [0, 0.1) is 0 Å². The van der Waals surface area contributed by atoms with Gasteiger partial charge in [-0.3, -0.25) is 0 Å². The molecule has 0 bridgehead atoms. The summed E-state index contributed by atoms with van der Waals surface area (Å²) in [5, 5.41) is 5.41. The van der Waals surface area contributed by atoms with E-state index in [0.29, 0.717) is 5.92 Å². The zero-order valence-corrected chi connectivity index (χ0v) is 16.8. The van der Waals surface area contributed by atoms with Gasteiger partial charge in [0.15, 0.2) is 0 Å². The molecule has 0 saturated heterocycles. The van der Waals surface area contributed by atoms with Gasteiger partial charge in [0.25, 0.3) is 0 Å². The molecule has 0 heterocycles. The van der Waals surface area contributed by atoms with Crippen molar-refractivity contribution in [2.45, 2.75) is 12.3 Å². The molecule has 0 radical (unpaired) electrons. The van der Waals surface area contributed by atoms with E-state index in [1.807, 2.05) is 0 Å². The van der Waals surface area contributed by atoms with Crippen molar-refractivity contribution >= 4 is 27.6 Å². The van der Waals surface area contributed by atoms with Gasteiger partial charge in [-0.1, -0.05) is 115 Å². The fourth-order valence-electron chi connectivity index (χ4n) is 5.08. The normalized spacial score (nSPS) is 15.4. The van der Waals surface area contributed by atoms with E-state index in [1.165, 1.54) is 49.4 Å². The van der Waals surface area contributed by atoms with E-state index in [4.69, 9.17) is 0 Å². The Balaban J connectivity index is 1.68. The molecule has 1 unspecified atom stereocenters. The van der Waals surface area contributed by atoms with Crippen molar-refractivity contribution in [2.75, 3.05) is 0 Å². The van der Waals surface area contributed by atoms with Crippen molar-refractivity contribution in [2.24, 2.45) is 0 Å². The van der Waals surface area contributed by atoms with E-state index >= 15 is 0 Å². The monoisotopic (exact) mass is 382 g/mol. The number of rotatable bonds is 2. The summed E-state index contributed by atoms with van der Waals surface area (Å²) in [4.78, 5) is 0. The van der Waals surface area contributed by atoms with Crippen LogP contribution in [0.2, 0.25) is 0 Å². The lowest BCUT2D eigenvalue weighted by Crippen LogP contribution is -2.07. The Morgan fingerprint density at radius 3 is 1.80 bits per heavy atom. The first-order valence-corrected chi connectivity index (χ1v) is 10.6. The van der Waals surface area contributed by atoms with E-state index in [2.05, 4.69) is 115 Å². The second-order valence-electron chi connectivity index (χ2n) is 8.11. The molecule has 0 spiro atoms. The molecule has 0 nitrogen and oxygen atoms in total. The van der Waals surface area contributed by atoms with Gasteiger partial charge in [-0.2, -0.15) is 0 Å². The van der Waals surface area contributed by atoms with Crippen LogP contribution in [0.4, 0.5) is 0 Å². The number of fused-ring (bicyclic) bond motifs is 3. The van der Waals surface area contributed by atoms with Crippen molar-refractivity contribution in [1.29, 1.82) is 0 Å². The lowest BCUT2D eigenvalue weighted by Gasteiger charge is -2.25. The highest BCUT2D eigenvalue weighted by Crippen LogP contribution is 2.44. The molecule has 0 saturated carbocycles. The van der Waals surface area contributed by atoms with E-state index in [-0.39, 0.29) is 0 Å². The van der Waals surface area contributed by atoms with Crippen molar-refractivity contribution < 1.29 is 0 Å². The molecule has 6 rings (SSSR count). The Bertz CT molecular complexity index is 1350. The standard InChI is InChI=1S/C30H22/c1-2-11-22(12-3-1)29-25-14-6-8-16-27(25)30(28-17-9-7-15-26(28)29)24-19-18-21-10-4-5-13-23(21)20-24/h1-19,24H,20H2. The van der Waals surface area contributed by atoms with Crippen LogP contribution in [-0.2, 0) is 6.42 Å². The zero-order valence-electron chi connectivity index (χ0n) is 16.8. The SMILES string of the molecule is C1=CC(c2c3ccccc3c(-c3ccccc3)c3ccccc23)Cc2ccccc21. The molecule has 1 aliphatic carbocycles. The molecule has 0 N–H and O–H groups in total. The Labute approximate surface area is 177 Å². The maximum absolute atomic E-state index is 2.40. The fourth-order valence-corrected chi connectivity index (χ4v) is 5.08.